The van der Waals surface area contributed by atoms with Crippen LogP contribution in [0.2, 0.25) is 0 Å². The highest BCUT2D eigenvalue weighted by atomic mass is 16.7. The summed E-state index contributed by atoms with van der Waals surface area (Å²) in [5, 5.41) is 4.48. The van der Waals surface area contributed by atoms with Crippen molar-refractivity contribution >= 4 is 17.5 Å². The van der Waals surface area contributed by atoms with E-state index >= 15 is 0 Å². The van der Waals surface area contributed by atoms with Crippen molar-refractivity contribution in [2.45, 2.75) is 26.2 Å². The third kappa shape index (κ3) is 4.27. The predicted molar refractivity (Wildman–Crippen MR) is 88.7 cm³/mol. The Bertz CT molecular complexity index is 768. The van der Waals surface area contributed by atoms with Gasteiger partial charge in [0, 0.05) is 13.5 Å². The van der Waals surface area contributed by atoms with Crippen LogP contribution in [0.25, 0.3) is 5.52 Å². The maximum atomic E-state index is 12.3. The van der Waals surface area contributed by atoms with Gasteiger partial charge in [0.1, 0.15) is 11.3 Å². The molecule has 25 heavy (non-hydrogen) atoms. The number of hydrogen-bond acceptors (Lipinski definition) is 7. The molecule has 136 valence electrons. The number of esters is 2. The topological polar surface area (TPSA) is 88.4 Å². The van der Waals surface area contributed by atoms with Gasteiger partial charge in [0.25, 0.3) is 0 Å². The molecule has 0 unspecified atom stereocenters. The summed E-state index contributed by atoms with van der Waals surface area (Å²) in [4.78, 5) is 23.5. The molecule has 0 radical (unpaired) electrons. The Balaban J connectivity index is 2.40. The molecule has 0 fully saturated rings. The molecule has 2 aromatic heterocycles. The van der Waals surface area contributed by atoms with Gasteiger partial charge in [-0.1, -0.05) is 0 Å². The van der Waals surface area contributed by atoms with E-state index in [0.29, 0.717) is 35.4 Å². The molecule has 8 nitrogen and oxygen atoms in total. The van der Waals surface area contributed by atoms with E-state index in [1.165, 1.54) is 21.3 Å². The summed E-state index contributed by atoms with van der Waals surface area (Å²) in [6, 6.07) is 1.81. The fourth-order valence-electron chi connectivity index (χ4n) is 2.59. The maximum absolute atomic E-state index is 12.3. The lowest BCUT2D eigenvalue weighted by Crippen LogP contribution is -2.06. The van der Waals surface area contributed by atoms with E-state index < -0.39 is 5.97 Å². The van der Waals surface area contributed by atoms with E-state index in [4.69, 9.17) is 14.2 Å². The van der Waals surface area contributed by atoms with Crippen LogP contribution in [0.1, 0.15) is 34.5 Å². The summed E-state index contributed by atoms with van der Waals surface area (Å²) < 4.78 is 21.5. The van der Waals surface area contributed by atoms with E-state index in [0.717, 1.165) is 5.56 Å². The Labute approximate surface area is 145 Å². The first kappa shape index (κ1) is 18.7. The first-order valence-electron chi connectivity index (χ1n) is 7.80. The van der Waals surface area contributed by atoms with Crippen LogP contribution in [0, 0.1) is 6.92 Å². The first-order valence-corrected chi connectivity index (χ1v) is 7.80. The second kappa shape index (κ2) is 8.48. The van der Waals surface area contributed by atoms with Crippen molar-refractivity contribution in [1.82, 2.24) is 9.61 Å². The molecule has 0 atom stereocenters. The second-order valence-corrected chi connectivity index (χ2v) is 5.45. The number of fused-ring (bicyclic) bond motifs is 1. The molecule has 0 N–H and O–H groups in total. The monoisotopic (exact) mass is 350 g/mol. The molecule has 0 amide bonds. The van der Waals surface area contributed by atoms with Crippen LogP contribution in [0.15, 0.2) is 12.3 Å². The standard InChI is InChI=1S/C17H22N2O6/c1-11-8-12(25-10-22-2)9-19-16(11)15(17(21)24-4)13(18-19)6-5-7-14(20)23-3/h8-9H,5-7,10H2,1-4H3. The molecule has 2 heterocycles. The molecule has 8 heteroatoms. The van der Waals surface area contributed by atoms with Crippen LogP contribution in [0.5, 0.6) is 5.75 Å². The van der Waals surface area contributed by atoms with Crippen molar-refractivity contribution in [3.05, 3.63) is 29.1 Å². The molecule has 0 aliphatic heterocycles. The largest absolute Gasteiger partial charge is 0.469 e. The summed E-state index contributed by atoms with van der Waals surface area (Å²) in [6.45, 7) is 1.98. The van der Waals surface area contributed by atoms with Gasteiger partial charge in [-0.05, 0) is 31.4 Å². The lowest BCUT2D eigenvalue weighted by molar-refractivity contribution is -0.140. The van der Waals surface area contributed by atoms with Crippen molar-refractivity contribution in [1.29, 1.82) is 0 Å². The molecule has 0 saturated heterocycles. The van der Waals surface area contributed by atoms with E-state index in [1.54, 1.807) is 16.8 Å². The number of hydrogen-bond donors (Lipinski definition) is 0. The quantitative estimate of drug-likeness (QED) is 0.531. The Morgan fingerprint density at radius 2 is 1.96 bits per heavy atom. The molecule has 2 aromatic rings. The zero-order valence-corrected chi connectivity index (χ0v) is 14.8. The molecule has 0 aliphatic carbocycles. The summed E-state index contributed by atoms with van der Waals surface area (Å²) >= 11 is 0. The summed E-state index contributed by atoms with van der Waals surface area (Å²) in [6.07, 6.45) is 2.91. The number of carbonyl (C=O) groups is 2. The second-order valence-electron chi connectivity index (χ2n) is 5.45. The Morgan fingerprint density at radius 3 is 2.60 bits per heavy atom. The molecular weight excluding hydrogens is 328 g/mol. The number of carbonyl (C=O) groups excluding carboxylic acids is 2. The number of pyridine rings is 1. The van der Waals surface area contributed by atoms with E-state index in [1.807, 2.05) is 6.92 Å². The molecule has 0 aromatic carbocycles. The number of rotatable bonds is 8. The van der Waals surface area contributed by atoms with E-state index in [2.05, 4.69) is 9.84 Å². The van der Waals surface area contributed by atoms with Gasteiger partial charge in [-0.3, -0.25) is 4.79 Å². The normalized spacial score (nSPS) is 10.7. The summed E-state index contributed by atoms with van der Waals surface area (Å²) in [5.41, 5.74) is 2.45. The van der Waals surface area contributed by atoms with Gasteiger partial charge in [-0.25, -0.2) is 9.31 Å². The van der Waals surface area contributed by atoms with Crippen LogP contribution in [0.4, 0.5) is 0 Å². The first-order chi connectivity index (χ1) is 12.0. The highest BCUT2D eigenvalue weighted by Crippen LogP contribution is 2.25. The number of nitrogens with zero attached hydrogens (tertiary/aromatic N) is 2. The van der Waals surface area contributed by atoms with Crippen molar-refractivity contribution in [3.63, 3.8) is 0 Å². The van der Waals surface area contributed by atoms with Gasteiger partial charge in [-0.2, -0.15) is 5.10 Å². The maximum Gasteiger partial charge on any atom is 0.342 e. The Kier molecular flexibility index (Phi) is 6.35. The van der Waals surface area contributed by atoms with E-state index in [-0.39, 0.29) is 19.2 Å². The molecular formula is C17H22N2O6. The lowest BCUT2D eigenvalue weighted by Gasteiger charge is -2.07. The van der Waals surface area contributed by atoms with Crippen LogP contribution in [0.3, 0.4) is 0 Å². The Morgan fingerprint density at radius 1 is 1.20 bits per heavy atom. The number of ether oxygens (including phenoxy) is 4. The van der Waals surface area contributed by atoms with Gasteiger partial charge in [-0.15, -0.1) is 0 Å². The van der Waals surface area contributed by atoms with Crippen LogP contribution in [-0.4, -0.2) is 49.7 Å². The van der Waals surface area contributed by atoms with Gasteiger partial charge in [0.05, 0.1) is 31.6 Å². The highest BCUT2D eigenvalue weighted by Gasteiger charge is 2.22. The minimum Gasteiger partial charge on any atom is -0.469 e. The average molecular weight is 350 g/mol. The fraction of sp³-hybridized carbons (Fsp3) is 0.471. The zero-order chi connectivity index (χ0) is 18.4. The number of methoxy groups -OCH3 is 3. The molecule has 0 saturated carbocycles. The van der Waals surface area contributed by atoms with Gasteiger partial charge in [0.15, 0.2) is 6.79 Å². The number of aryl methyl sites for hydroxylation is 2. The highest BCUT2D eigenvalue weighted by molar-refractivity contribution is 5.99. The summed E-state index contributed by atoms with van der Waals surface area (Å²) in [7, 11) is 4.21. The van der Waals surface area contributed by atoms with Gasteiger partial charge < -0.3 is 18.9 Å². The van der Waals surface area contributed by atoms with Crippen molar-refractivity contribution in [2.75, 3.05) is 28.1 Å². The molecule has 0 spiro atoms. The minimum atomic E-state index is -0.461. The molecule has 0 bridgehead atoms. The zero-order valence-electron chi connectivity index (χ0n) is 14.8. The van der Waals surface area contributed by atoms with Crippen LogP contribution in [-0.2, 0) is 25.4 Å². The van der Waals surface area contributed by atoms with E-state index in [9.17, 15) is 9.59 Å². The number of aromatic nitrogens is 2. The van der Waals surface area contributed by atoms with Gasteiger partial charge >= 0.3 is 11.9 Å². The van der Waals surface area contributed by atoms with Crippen LogP contribution < -0.4 is 4.74 Å². The third-order valence-corrected chi connectivity index (χ3v) is 3.72. The summed E-state index contributed by atoms with van der Waals surface area (Å²) in [5.74, 6) is -0.182. The smallest absolute Gasteiger partial charge is 0.342 e. The fourth-order valence-corrected chi connectivity index (χ4v) is 2.59. The molecule has 0 aliphatic rings. The molecule has 2 rings (SSSR count). The van der Waals surface area contributed by atoms with Crippen molar-refractivity contribution in [3.8, 4) is 5.75 Å². The SMILES string of the molecule is COCOc1cc(C)c2c(C(=O)OC)c(CCCC(=O)OC)nn2c1. The minimum absolute atomic E-state index is 0.113. The Hall–Kier alpha value is -2.61. The van der Waals surface area contributed by atoms with Crippen molar-refractivity contribution in [2.24, 2.45) is 0 Å². The lowest BCUT2D eigenvalue weighted by atomic mass is 10.1. The van der Waals surface area contributed by atoms with Gasteiger partial charge in [0.2, 0.25) is 0 Å². The van der Waals surface area contributed by atoms with Crippen molar-refractivity contribution < 1.29 is 28.5 Å². The van der Waals surface area contributed by atoms with Crippen LogP contribution >= 0.6 is 0 Å². The average Bonchev–Trinajstić information content (AvgIpc) is 2.97. The predicted octanol–water partition coefficient (Wildman–Crippen LogP) is 1.91. The third-order valence-electron chi connectivity index (χ3n) is 3.72.